The zero-order chi connectivity index (χ0) is 10.7. The Bertz CT molecular complexity index is 301. The molecule has 2 nitrogen and oxygen atoms in total. The highest BCUT2D eigenvalue weighted by Gasteiger charge is 2.21. The molecule has 1 N–H and O–H groups in total. The van der Waals surface area contributed by atoms with Gasteiger partial charge in [0, 0.05) is 25.3 Å². The van der Waals surface area contributed by atoms with Crippen LogP contribution in [0.3, 0.4) is 0 Å². The average molecular weight is 204 g/mol. The molecule has 2 heteroatoms. The largest absolute Gasteiger partial charge is 0.372 e. The van der Waals surface area contributed by atoms with E-state index in [1.165, 1.54) is 30.5 Å². The summed E-state index contributed by atoms with van der Waals surface area (Å²) in [6, 6.07) is 9.65. The van der Waals surface area contributed by atoms with E-state index in [9.17, 15) is 0 Å². The second-order valence-electron chi connectivity index (χ2n) is 4.39. The summed E-state index contributed by atoms with van der Waals surface area (Å²) in [6.07, 6.45) is 4.11. The molecular formula is C13H20N2. The van der Waals surface area contributed by atoms with Gasteiger partial charge in [0.05, 0.1) is 0 Å². The number of rotatable bonds is 4. The highest BCUT2D eigenvalue weighted by Crippen LogP contribution is 2.28. The Morgan fingerprint density at radius 1 is 1.27 bits per heavy atom. The Labute approximate surface area is 92.3 Å². The quantitative estimate of drug-likeness (QED) is 0.810. The molecule has 0 unspecified atom stereocenters. The van der Waals surface area contributed by atoms with Gasteiger partial charge < -0.3 is 10.2 Å². The molecule has 0 heterocycles. The van der Waals surface area contributed by atoms with Gasteiger partial charge in [0.1, 0.15) is 0 Å². The number of anilines is 1. The Morgan fingerprint density at radius 3 is 2.40 bits per heavy atom. The van der Waals surface area contributed by atoms with Crippen molar-refractivity contribution in [1.29, 1.82) is 0 Å². The number of nitrogens with one attached hydrogen (secondary N) is 1. The number of hydrogen-bond acceptors (Lipinski definition) is 2. The zero-order valence-corrected chi connectivity index (χ0v) is 9.66. The van der Waals surface area contributed by atoms with Crippen molar-refractivity contribution in [1.82, 2.24) is 5.32 Å². The van der Waals surface area contributed by atoms with E-state index in [-0.39, 0.29) is 0 Å². The Hall–Kier alpha value is -1.02. The molecule has 0 amide bonds. The van der Waals surface area contributed by atoms with Crippen LogP contribution in [-0.4, -0.2) is 20.1 Å². The van der Waals surface area contributed by atoms with Crippen LogP contribution in [-0.2, 0) is 6.54 Å². The molecule has 1 fully saturated rings. The first-order valence-electron chi connectivity index (χ1n) is 5.77. The Kier molecular flexibility index (Phi) is 3.27. The van der Waals surface area contributed by atoms with Gasteiger partial charge in [-0.05, 0) is 44.0 Å². The summed E-state index contributed by atoms with van der Waals surface area (Å²) in [7, 11) is 4.19. The fourth-order valence-corrected chi connectivity index (χ4v) is 2.04. The number of hydrogen-bond donors (Lipinski definition) is 1. The van der Waals surface area contributed by atoms with Crippen molar-refractivity contribution in [3.05, 3.63) is 29.8 Å². The van der Waals surface area contributed by atoms with E-state index in [2.05, 4.69) is 41.5 Å². The van der Waals surface area contributed by atoms with Crippen molar-refractivity contribution in [2.45, 2.75) is 31.8 Å². The summed E-state index contributed by atoms with van der Waals surface area (Å²) in [5.41, 5.74) is 2.70. The minimum atomic E-state index is 0.778. The van der Waals surface area contributed by atoms with E-state index >= 15 is 0 Å². The first-order chi connectivity index (χ1) is 7.31. The number of nitrogens with zero attached hydrogens (tertiary/aromatic N) is 1. The van der Waals surface area contributed by atoms with Crippen molar-refractivity contribution < 1.29 is 0 Å². The van der Waals surface area contributed by atoms with Gasteiger partial charge in [-0.2, -0.15) is 0 Å². The lowest BCUT2D eigenvalue weighted by atomic mass is 9.91. The van der Waals surface area contributed by atoms with E-state index in [4.69, 9.17) is 0 Å². The van der Waals surface area contributed by atoms with E-state index in [0.29, 0.717) is 0 Å². The molecule has 0 saturated heterocycles. The van der Waals surface area contributed by atoms with Gasteiger partial charge in [-0.3, -0.25) is 0 Å². The second kappa shape index (κ2) is 4.67. The standard InChI is InChI=1S/C13H20N2/c1-14-10-11-6-8-13(9-7-11)15(2)12-4-3-5-12/h6-9,12,14H,3-5,10H2,1-2H3. The minimum Gasteiger partial charge on any atom is -0.372 e. The lowest BCUT2D eigenvalue weighted by Crippen LogP contribution is -2.37. The maximum absolute atomic E-state index is 3.16. The van der Waals surface area contributed by atoms with Gasteiger partial charge in [0.2, 0.25) is 0 Å². The third-order valence-corrected chi connectivity index (χ3v) is 3.35. The van der Waals surface area contributed by atoms with E-state index < -0.39 is 0 Å². The highest BCUT2D eigenvalue weighted by molar-refractivity contribution is 5.48. The molecule has 0 atom stereocenters. The molecular weight excluding hydrogens is 184 g/mol. The van der Waals surface area contributed by atoms with Crippen LogP contribution in [0.4, 0.5) is 5.69 Å². The minimum absolute atomic E-state index is 0.778. The third-order valence-electron chi connectivity index (χ3n) is 3.35. The molecule has 0 bridgehead atoms. The summed E-state index contributed by atoms with van der Waals surface area (Å²) >= 11 is 0. The highest BCUT2D eigenvalue weighted by atomic mass is 15.1. The molecule has 2 rings (SSSR count). The Morgan fingerprint density at radius 2 is 1.93 bits per heavy atom. The van der Waals surface area contributed by atoms with Crippen LogP contribution in [0.2, 0.25) is 0 Å². The first-order valence-corrected chi connectivity index (χ1v) is 5.77. The van der Waals surface area contributed by atoms with E-state index in [1.54, 1.807) is 0 Å². The molecule has 1 aliphatic carbocycles. The van der Waals surface area contributed by atoms with E-state index in [0.717, 1.165) is 12.6 Å². The van der Waals surface area contributed by atoms with Gasteiger partial charge in [0.15, 0.2) is 0 Å². The van der Waals surface area contributed by atoms with Crippen molar-refractivity contribution in [2.24, 2.45) is 0 Å². The average Bonchev–Trinajstić information content (AvgIpc) is 2.16. The lowest BCUT2D eigenvalue weighted by molar-refractivity contribution is 0.401. The number of benzene rings is 1. The van der Waals surface area contributed by atoms with Gasteiger partial charge >= 0.3 is 0 Å². The fourth-order valence-electron chi connectivity index (χ4n) is 2.04. The summed E-state index contributed by atoms with van der Waals surface area (Å²) in [5, 5.41) is 3.16. The third kappa shape index (κ3) is 2.32. The molecule has 15 heavy (non-hydrogen) atoms. The lowest BCUT2D eigenvalue weighted by Gasteiger charge is -2.36. The topological polar surface area (TPSA) is 15.3 Å². The summed E-state index contributed by atoms with van der Waals surface area (Å²) in [4.78, 5) is 2.41. The van der Waals surface area contributed by atoms with Crippen LogP contribution >= 0.6 is 0 Å². The molecule has 1 saturated carbocycles. The normalized spacial score (nSPS) is 16.1. The van der Waals surface area contributed by atoms with Crippen molar-refractivity contribution in [3.63, 3.8) is 0 Å². The van der Waals surface area contributed by atoms with Crippen molar-refractivity contribution >= 4 is 5.69 Å². The fraction of sp³-hybridized carbons (Fsp3) is 0.538. The molecule has 0 radical (unpaired) electrons. The molecule has 0 aliphatic heterocycles. The predicted octanol–water partition coefficient (Wildman–Crippen LogP) is 2.39. The monoisotopic (exact) mass is 204 g/mol. The van der Waals surface area contributed by atoms with Gasteiger partial charge in [-0.25, -0.2) is 0 Å². The van der Waals surface area contributed by atoms with Gasteiger partial charge in [0.25, 0.3) is 0 Å². The van der Waals surface area contributed by atoms with Crippen molar-refractivity contribution in [2.75, 3.05) is 19.0 Å². The smallest absolute Gasteiger partial charge is 0.0366 e. The van der Waals surface area contributed by atoms with Gasteiger partial charge in [-0.15, -0.1) is 0 Å². The van der Waals surface area contributed by atoms with Crippen LogP contribution in [0.1, 0.15) is 24.8 Å². The second-order valence-corrected chi connectivity index (χ2v) is 4.39. The molecule has 0 aromatic heterocycles. The van der Waals surface area contributed by atoms with Crippen LogP contribution in [0.25, 0.3) is 0 Å². The maximum atomic E-state index is 3.16. The predicted molar refractivity (Wildman–Crippen MR) is 65.2 cm³/mol. The SMILES string of the molecule is CNCc1ccc(N(C)C2CCC2)cc1. The maximum Gasteiger partial charge on any atom is 0.0366 e. The van der Waals surface area contributed by atoms with Crippen LogP contribution in [0, 0.1) is 0 Å². The van der Waals surface area contributed by atoms with Crippen LogP contribution in [0.5, 0.6) is 0 Å². The summed E-state index contributed by atoms with van der Waals surface area (Å²) in [5.74, 6) is 0. The molecule has 1 aromatic carbocycles. The molecule has 82 valence electrons. The van der Waals surface area contributed by atoms with Crippen LogP contribution < -0.4 is 10.2 Å². The zero-order valence-electron chi connectivity index (χ0n) is 9.66. The molecule has 0 spiro atoms. The van der Waals surface area contributed by atoms with Crippen LogP contribution in [0.15, 0.2) is 24.3 Å². The summed E-state index contributed by atoms with van der Waals surface area (Å²) in [6.45, 7) is 0.952. The van der Waals surface area contributed by atoms with E-state index in [1.807, 2.05) is 7.05 Å². The Balaban J connectivity index is 2.02. The van der Waals surface area contributed by atoms with Gasteiger partial charge in [-0.1, -0.05) is 12.1 Å². The molecule has 1 aromatic rings. The first kappa shape index (κ1) is 10.5. The van der Waals surface area contributed by atoms with Crippen molar-refractivity contribution in [3.8, 4) is 0 Å². The molecule has 1 aliphatic rings. The summed E-state index contributed by atoms with van der Waals surface area (Å²) < 4.78 is 0.